The minimum absolute atomic E-state index is 0.0853. The van der Waals surface area contributed by atoms with Crippen molar-refractivity contribution in [2.45, 2.75) is 43.7 Å². The lowest BCUT2D eigenvalue weighted by atomic mass is 9.96. The lowest BCUT2D eigenvalue weighted by molar-refractivity contribution is -0.145. The molecule has 1 saturated carbocycles. The van der Waals surface area contributed by atoms with Crippen LogP contribution in [0.3, 0.4) is 0 Å². The summed E-state index contributed by atoms with van der Waals surface area (Å²) >= 11 is 0. The molecule has 6 heteroatoms. The second kappa shape index (κ2) is 4.00. The molecule has 2 rings (SSSR count). The van der Waals surface area contributed by atoms with Crippen molar-refractivity contribution < 1.29 is 18.3 Å². The highest BCUT2D eigenvalue weighted by Gasteiger charge is 2.44. The van der Waals surface area contributed by atoms with Gasteiger partial charge in [-0.3, -0.25) is 10.1 Å². The Kier molecular flexibility index (Phi) is 2.96. The van der Waals surface area contributed by atoms with E-state index in [0.29, 0.717) is 19.3 Å². The minimum atomic E-state index is -2.95. The summed E-state index contributed by atoms with van der Waals surface area (Å²) in [6, 6.07) is -0.181. The maximum absolute atomic E-state index is 11.3. The molecule has 0 spiro atoms. The quantitative estimate of drug-likeness (QED) is 0.742. The van der Waals surface area contributed by atoms with Gasteiger partial charge >= 0.3 is 5.97 Å². The van der Waals surface area contributed by atoms with Gasteiger partial charge in [0.25, 0.3) is 0 Å². The van der Waals surface area contributed by atoms with Crippen LogP contribution in [0, 0.1) is 0 Å². The van der Waals surface area contributed by atoms with Crippen LogP contribution in [0.5, 0.6) is 0 Å². The first kappa shape index (κ1) is 11.9. The number of hydrogen-bond acceptors (Lipinski definition) is 4. The fraction of sp³-hybridized carbons (Fsp3) is 0.900. The highest BCUT2D eigenvalue weighted by Crippen LogP contribution is 2.31. The van der Waals surface area contributed by atoms with Gasteiger partial charge in [-0.05, 0) is 19.3 Å². The predicted molar refractivity (Wildman–Crippen MR) is 59.0 cm³/mol. The molecule has 1 unspecified atom stereocenters. The molecule has 0 aromatic heterocycles. The van der Waals surface area contributed by atoms with Crippen molar-refractivity contribution in [3.05, 3.63) is 0 Å². The van der Waals surface area contributed by atoms with E-state index >= 15 is 0 Å². The number of aliphatic carboxylic acids is 1. The van der Waals surface area contributed by atoms with Gasteiger partial charge in [0.05, 0.1) is 11.5 Å². The zero-order chi connectivity index (χ0) is 11.8. The summed E-state index contributed by atoms with van der Waals surface area (Å²) in [5.41, 5.74) is -0.871. The maximum atomic E-state index is 11.3. The molecule has 0 aromatic rings. The van der Waals surface area contributed by atoms with Crippen molar-refractivity contribution in [3.63, 3.8) is 0 Å². The second-order valence-electron chi connectivity index (χ2n) is 4.84. The Hall–Kier alpha value is -0.620. The van der Waals surface area contributed by atoms with Gasteiger partial charge in [0.15, 0.2) is 9.84 Å². The van der Waals surface area contributed by atoms with E-state index in [1.807, 2.05) is 0 Å². The fourth-order valence-corrected chi connectivity index (χ4v) is 4.37. The molecule has 2 fully saturated rings. The van der Waals surface area contributed by atoms with Gasteiger partial charge in [-0.1, -0.05) is 12.8 Å². The van der Waals surface area contributed by atoms with Gasteiger partial charge in [0.2, 0.25) is 0 Å². The van der Waals surface area contributed by atoms with Crippen molar-refractivity contribution in [2.75, 3.05) is 11.5 Å². The molecule has 0 amide bonds. The number of rotatable bonds is 3. The van der Waals surface area contributed by atoms with E-state index in [1.54, 1.807) is 0 Å². The van der Waals surface area contributed by atoms with Gasteiger partial charge in [-0.2, -0.15) is 0 Å². The van der Waals surface area contributed by atoms with Crippen LogP contribution in [0.25, 0.3) is 0 Å². The average molecular weight is 247 g/mol. The van der Waals surface area contributed by atoms with E-state index in [4.69, 9.17) is 0 Å². The van der Waals surface area contributed by atoms with Crippen LogP contribution in [-0.4, -0.2) is 42.6 Å². The summed E-state index contributed by atoms with van der Waals surface area (Å²) in [6.07, 6.45) is 3.56. The molecule has 1 atom stereocenters. The molecule has 1 aliphatic heterocycles. The normalized spacial score (nSPS) is 31.6. The summed E-state index contributed by atoms with van der Waals surface area (Å²) in [4.78, 5) is 11.3. The van der Waals surface area contributed by atoms with E-state index in [1.165, 1.54) is 0 Å². The molecule has 92 valence electrons. The van der Waals surface area contributed by atoms with Crippen LogP contribution in [0.1, 0.15) is 32.1 Å². The average Bonchev–Trinajstić information content (AvgIpc) is 2.74. The van der Waals surface area contributed by atoms with Crippen LogP contribution in [0.2, 0.25) is 0 Å². The lowest BCUT2D eigenvalue weighted by Crippen LogP contribution is -2.54. The third-order valence-corrected chi connectivity index (χ3v) is 5.35. The highest BCUT2D eigenvalue weighted by molar-refractivity contribution is 7.91. The van der Waals surface area contributed by atoms with Crippen molar-refractivity contribution in [3.8, 4) is 0 Å². The first-order chi connectivity index (χ1) is 7.44. The smallest absolute Gasteiger partial charge is 0.323 e. The third kappa shape index (κ3) is 2.22. The van der Waals surface area contributed by atoms with Crippen molar-refractivity contribution >= 4 is 15.8 Å². The molecule has 1 saturated heterocycles. The zero-order valence-corrected chi connectivity index (χ0v) is 9.92. The summed E-state index contributed by atoms with van der Waals surface area (Å²) in [5, 5.41) is 12.3. The predicted octanol–water partition coefficient (Wildman–Crippen LogP) is 0.160. The molecule has 0 aromatic carbocycles. The summed E-state index contributed by atoms with van der Waals surface area (Å²) in [5.74, 6) is -0.572. The topological polar surface area (TPSA) is 83.5 Å². The van der Waals surface area contributed by atoms with Crippen LogP contribution in [0.15, 0.2) is 0 Å². The largest absolute Gasteiger partial charge is 0.480 e. The molecular weight excluding hydrogens is 230 g/mol. The van der Waals surface area contributed by atoms with Crippen molar-refractivity contribution in [1.82, 2.24) is 5.32 Å². The number of sulfone groups is 1. The Morgan fingerprint density at radius 1 is 1.31 bits per heavy atom. The van der Waals surface area contributed by atoms with Gasteiger partial charge in [0, 0.05) is 6.04 Å². The molecule has 2 aliphatic rings. The first-order valence-corrected chi connectivity index (χ1v) is 7.47. The third-order valence-electron chi connectivity index (χ3n) is 3.58. The molecule has 2 N–H and O–H groups in total. The molecule has 1 heterocycles. The van der Waals surface area contributed by atoms with Crippen molar-refractivity contribution in [1.29, 1.82) is 0 Å². The standard InChI is InChI=1S/C10H17NO4S/c12-9(13)10(4-1-2-5-10)11-8-3-6-16(14,15)7-8/h8,11H,1-7H2,(H,12,13). The van der Waals surface area contributed by atoms with Gasteiger partial charge < -0.3 is 5.11 Å². The Bertz CT molecular complexity index is 384. The Morgan fingerprint density at radius 3 is 2.38 bits per heavy atom. The second-order valence-corrected chi connectivity index (χ2v) is 7.07. The molecule has 1 aliphatic carbocycles. The summed E-state index contributed by atoms with van der Waals surface area (Å²) in [6.45, 7) is 0. The minimum Gasteiger partial charge on any atom is -0.480 e. The number of nitrogens with one attached hydrogen (secondary N) is 1. The van der Waals surface area contributed by atoms with Crippen LogP contribution >= 0.6 is 0 Å². The van der Waals surface area contributed by atoms with Gasteiger partial charge in [-0.25, -0.2) is 8.42 Å². The number of carboxylic acid groups (broad SMARTS) is 1. The van der Waals surface area contributed by atoms with Crippen molar-refractivity contribution in [2.24, 2.45) is 0 Å². The number of carbonyl (C=O) groups is 1. The Balaban J connectivity index is 2.05. The number of carboxylic acids is 1. The first-order valence-electron chi connectivity index (χ1n) is 5.65. The van der Waals surface area contributed by atoms with Gasteiger partial charge in [-0.15, -0.1) is 0 Å². The summed E-state index contributed by atoms with van der Waals surface area (Å²) in [7, 11) is -2.95. The summed E-state index contributed by atoms with van der Waals surface area (Å²) < 4.78 is 22.6. The monoisotopic (exact) mass is 247 g/mol. The Labute approximate surface area is 95.1 Å². The van der Waals surface area contributed by atoms with E-state index in [9.17, 15) is 18.3 Å². The SMILES string of the molecule is O=C(O)C1(NC2CCS(=O)(=O)C2)CCCC1. The van der Waals surface area contributed by atoms with Crippen LogP contribution in [0.4, 0.5) is 0 Å². The van der Waals surface area contributed by atoms with E-state index in [2.05, 4.69) is 5.32 Å². The van der Waals surface area contributed by atoms with E-state index in [0.717, 1.165) is 12.8 Å². The molecule has 0 bridgehead atoms. The fourth-order valence-electron chi connectivity index (χ4n) is 2.70. The van der Waals surface area contributed by atoms with E-state index in [-0.39, 0.29) is 17.5 Å². The molecule has 5 nitrogen and oxygen atoms in total. The lowest BCUT2D eigenvalue weighted by Gasteiger charge is -2.28. The highest BCUT2D eigenvalue weighted by atomic mass is 32.2. The molecular formula is C10H17NO4S. The Morgan fingerprint density at radius 2 is 1.94 bits per heavy atom. The van der Waals surface area contributed by atoms with Crippen LogP contribution in [-0.2, 0) is 14.6 Å². The van der Waals surface area contributed by atoms with Crippen LogP contribution < -0.4 is 5.32 Å². The van der Waals surface area contributed by atoms with E-state index < -0.39 is 21.3 Å². The molecule has 0 radical (unpaired) electrons. The zero-order valence-electron chi connectivity index (χ0n) is 9.11. The maximum Gasteiger partial charge on any atom is 0.323 e. The van der Waals surface area contributed by atoms with Gasteiger partial charge in [0.1, 0.15) is 5.54 Å². The number of hydrogen-bond donors (Lipinski definition) is 2. The molecule has 16 heavy (non-hydrogen) atoms.